The Labute approximate surface area is 110 Å². The largest absolute Gasteiger partial charge is 0.492 e. The summed E-state index contributed by atoms with van der Waals surface area (Å²) in [7, 11) is 0. The summed E-state index contributed by atoms with van der Waals surface area (Å²) in [6, 6.07) is 7.11. The first kappa shape index (κ1) is 13.0. The Bertz CT molecular complexity index is 545. The van der Waals surface area contributed by atoms with Gasteiger partial charge in [0.25, 0.3) is 5.91 Å². The van der Waals surface area contributed by atoms with Crippen molar-refractivity contribution >= 4 is 11.6 Å². The lowest BCUT2D eigenvalue weighted by Gasteiger charge is -2.08. The lowest BCUT2D eigenvalue weighted by atomic mass is 10.2. The first-order valence-corrected chi connectivity index (χ1v) is 5.79. The molecule has 3 N–H and O–H groups in total. The fourth-order valence-corrected chi connectivity index (χ4v) is 1.46. The number of ether oxygens (including phenoxy) is 1. The predicted molar refractivity (Wildman–Crippen MR) is 71.0 cm³/mol. The Hall–Kier alpha value is -2.47. The van der Waals surface area contributed by atoms with Gasteiger partial charge in [0.15, 0.2) is 0 Å². The number of nitrogens with two attached hydrogens (primary N) is 1. The topological polar surface area (TPSA) is 90.1 Å². The minimum absolute atomic E-state index is 0.267. The van der Waals surface area contributed by atoms with E-state index in [9.17, 15) is 4.79 Å². The van der Waals surface area contributed by atoms with Crippen LogP contribution in [-0.2, 0) is 0 Å². The van der Waals surface area contributed by atoms with Crippen LogP contribution >= 0.6 is 0 Å². The molecule has 0 atom stereocenters. The summed E-state index contributed by atoms with van der Waals surface area (Å²) in [6.45, 7) is 0.877. The highest BCUT2D eigenvalue weighted by atomic mass is 16.5. The molecular formula is C13H14N4O2. The van der Waals surface area contributed by atoms with Crippen LogP contribution in [0.2, 0.25) is 0 Å². The molecule has 0 saturated heterocycles. The van der Waals surface area contributed by atoms with Gasteiger partial charge in [-0.15, -0.1) is 0 Å². The van der Waals surface area contributed by atoms with E-state index >= 15 is 0 Å². The molecule has 2 aromatic rings. The first-order chi connectivity index (χ1) is 9.29. The molecule has 1 aromatic carbocycles. The number of anilines is 1. The summed E-state index contributed by atoms with van der Waals surface area (Å²) < 4.78 is 5.38. The van der Waals surface area contributed by atoms with Gasteiger partial charge in [0, 0.05) is 30.7 Å². The number of rotatable bonds is 5. The fraction of sp³-hybridized carbons (Fsp3) is 0.154. The Kier molecular flexibility index (Phi) is 4.41. The van der Waals surface area contributed by atoms with Crippen LogP contribution in [0.25, 0.3) is 0 Å². The molecule has 19 heavy (non-hydrogen) atoms. The standard InChI is InChI=1S/C13H14N4O2/c14-4-5-19-12-3-1-2-11(6-12)17-13(18)10-7-15-9-16-8-10/h1-3,6-9H,4-5,14H2,(H,17,18). The zero-order valence-corrected chi connectivity index (χ0v) is 10.2. The second kappa shape index (κ2) is 6.46. The molecular weight excluding hydrogens is 244 g/mol. The van der Waals surface area contributed by atoms with Gasteiger partial charge in [-0.2, -0.15) is 0 Å². The van der Waals surface area contributed by atoms with Crippen LogP contribution < -0.4 is 15.8 Å². The molecule has 0 fully saturated rings. The number of hydrogen-bond acceptors (Lipinski definition) is 5. The molecule has 6 nitrogen and oxygen atoms in total. The summed E-state index contributed by atoms with van der Waals surface area (Å²) in [4.78, 5) is 19.5. The number of amides is 1. The van der Waals surface area contributed by atoms with E-state index in [1.165, 1.54) is 18.7 Å². The molecule has 1 amide bonds. The Morgan fingerprint density at radius 2 is 2.11 bits per heavy atom. The van der Waals surface area contributed by atoms with Crippen LogP contribution in [0.15, 0.2) is 43.0 Å². The van der Waals surface area contributed by atoms with E-state index in [4.69, 9.17) is 10.5 Å². The minimum Gasteiger partial charge on any atom is -0.492 e. The molecule has 0 aliphatic rings. The van der Waals surface area contributed by atoms with E-state index in [1.807, 2.05) is 0 Å². The molecule has 0 unspecified atom stereocenters. The lowest BCUT2D eigenvalue weighted by Crippen LogP contribution is -2.13. The van der Waals surface area contributed by atoms with Crippen LogP contribution in [0.3, 0.4) is 0 Å². The number of nitrogens with one attached hydrogen (secondary N) is 1. The molecule has 0 saturated carbocycles. The molecule has 0 aliphatic heterocycles. The fourth-order valence-electron chi connectivity index (χ4n) is 1.46. The van der Waals surface area contributed by atoms with Gasteiger partial charge < -0.3 is 15.8 Å². The Morgan fingerprint density at radius 3 is 2.84 bits per heavy atom. The number of benzene rings is 1. The van der Waals surface area contributed by atoms with Gasteiger partial charge in [0.2, 0.25) is 0 Å². The SMILES string of the molecule is NCCOc1cccc(NC(=O)c2cncnc2)c1. The summed E-state index contributed by atoms with van der Waals surface area (Å²) in [5.41, 5.74) is 6.40. The van der Waals surface area contributed by atoms with Crippen LogP contribution in [-0.4, -0.2) is 29.0 Å². The van der Waals surface area contributed by atoms with E-state index in [1.54, 1.807) is 24.3 Å². The van der Waals surface area contributed by atoms with Crippen molar-refractivity contribution in [2.24, 2.45) is 5.73 Å². The summed E-state index contributed by atoms with van der Waals surface area (Å²) in [6.07, 6.45) is 4.28. The smallest absolute Gasteiger partial charge is 0.258 e. The first-order valence-electron chi connectivity index (χ1n) is 5.79. The Morgan fingerprint density at radius 1 is 1.32 bits per heavy atom. The molecule has 0 spiro atoms. The van der Waals surface area contributed by atoms with E-state index in [0.717, 1.165) is 0 Å². The van der Waals surface area contributed by atoms with Crippen molar-refractivity contribution in [1.29, 1.82) is 0 Å². The van der Waals surface area contributed by atoms with E-state index in [2.05, 4.69) is 15.3 Å². The van der Waals surface area contributed by atoms with E-state index in [-0.39, 0.29) is 5.91 Å². The van der Waals surface area contributed by atoms with E-state index < -0.39 is 0 Å². The number of hydrogen-bond donors (Lipinski definition) is 2. The third-order valence-corrected chi connectivity index (χ3v) is 2.30. The van der Waals surface area contributed by atoms with Crippen LogP contribution in [0.4, 0.5) is 5.69 Å². The molecule has 2 rings (SSSR count). The molecule has 0 bridgehead atoms. The average molecular weight is 258 g/mol. The highest BCUT2D eigenvalue weighted by molar-refractivity contribution is 6.03. The number of aromatic nitrogens is 2. The van der Waals surface area contributed by atoms with Crippen LogP contribution in [0.1, 0.15) is 10.4 Å². The zero-order chi connectivity index (χ0) is 13.5. The van der Waals surface area contributed by atoms with E-state index in [0.29, 0.717) is 30.2 Å². The number of carbonyl (C=O) groups excluding carboxylic acids is 1. The minimum atomic E-state index is -0.267. The average Bonchev–Trinajstić information content (AvgIpc) is 2.46. The maximum absolute atomic E-state index is 11.9. The third-order valence-electron chi connectivity index (χ3n) is 2.30. The molecule has 0 aliphatic carbocycles. The second-order valence-electron chi connectivity index (χ2n) is 3.75. The highest BCUT2D eigenvalue weighted by Gasteiger charge is 2.06. The predicted octanol–water partition coefficient (Wildman–Crippen LogP) is 1.07. The second-order valence-corrected chi connectivity index (χ2v) is 3.75. The molecule has 6 heteroatoms. The normalized spacial score (nSPS) is 9.95. The number of carbonyl (C=O) groups is 1. The molecule has 1 heterocycles. The van der Waals surface area contributed by atoms with Crippen molar-refractivity contribution in [3.63, 3.8) is 0 Å². The number of nitrogens with zero attached hydrogens (tertiary/aromatic N) is 2. The summed E-state index contributed by atoms with van der Waals surface area (Å²) >= 11 is 0. The van der Waals surface area contributed by atoms with Crippen molar-refractivity contribution in [3.8, 4) is 5.75 Å². The van der Waals surface area contributed by atoms with Gasteiger partial charge in [0.1, 0.15) is 18.7 Å². The monoisotopic (exact) mass is 258 g/mol. The van der Waals surface area contributed by atoms with Gasteiger partial charge in [-0.25, -0.2) is 9.97 Å². The van der Waals surface area contributed by atoms with Gasteiger partial charge in [-0.1, -0.05) is 6.07 Å². The van der Waals surface area contributed by atoms with Gasteiger partial charge in [-0.05, 0) is 12.1 Å². The molecule has 98 valence electrons. The lowest BCUT2D eigenvalue weighted by molar-refractivity contribution is 0.102. The van der Waals surface area contributed by atoms with Crippen LogP contribution in [0, 0.1) is 0 Å². The van der Waals surface area contributed by atoms with Crippen molar-refractivity contribution in [3.05, 3.63) is 48.5 Å². The quantitative estimate of drug-likeness (QED) is 0.837. The van der Waals surface area contributed by atoms with Crippen molar-refractivity contribution in [2.45, 2.75) is 0 Å². The van der Waals surface area contributed by atoms with Crippen molar-refractivity contribution < 1.29 is 9.53 Å². The maximum Gasteiger partial charge on any atom is 0.258 e. The van der Waals surface area contributed by atoms with Crippen molar-refractivity contribution in [1.82, 2.24) is 9.97 Å². The molecule has 0 radical (unpaired) electrons. The zero-order valence-electron chi connectivity index (χ0n) is 10.2. The van der Waals surface area contributed by atoms with Gasteiger partial charge >= 0.3 is 0 Å². The summed E-state index contributed by atoms with van der Waals surface area (Å²) in [5.74, 6) is 0.393. The molecule has 1 aromatic heterocycles. The third kappa shape index (κ3) is 3.75. The maximum atomic E-state index is 11.9. The summed E-state index contributed by atoms with van der Waals surface area (Å²) in [5, 5.41) is 2.74. The van der Waals surface area contributed by atoms with Crippen molar-refractivity contribution in [2.75, 3.05) is 18.5 Å². The Balaban J connectivity index is 2.05. The highest BCUT2D eigenvalue weighted by Crippen LogP contribution is 2.17. The van der Waals surface area contributed by atoms with Crippen LogP contribution in [0.5, 0.6) is 5.75 Å². The van der Waals surface area contributed by atoms with Gasteiger partial charge in [0.05, 0.1) is 5.56 Å². The van der Waals surface area contributed by atoms with Gasteiger partial charge in [-0.3, -0.25) is 4.79 Å².